The first-order valence-electron chi connectivity index (χ1n) is 8.65. The van der Waals surface area contributed by atoms with E-state index in [1.807, 2.05) is 11.8 Å². The third-order valence-corrected chi connectivity index (χ3v) is 6.40. The van der Waals surface area contributed by atoms with Crippen LogP contribution < -0.4 is 0 Å². The maximum Gasteiger partial charge on any atom is 0.0686 e. The summed E-state index contributed by atoms with van der Waals surface area (Å²) in [5, 5.41) is 15.7. The zero-order valence-corrected chi connectivity index (χ0v) is 13.7. The van der Waals surface area contributed by atoms with Crippen LogP contribution in [0.1, 0.15) is 69.5 Å². The number of hydrogen-bond donors (Lipinski definition) is 1. The summed E-state index contributed by atoms with van der Waals surface area (Å²) in [6.07, 6.45) is 14.6. The third kappa shape index (κ3) is 4.49. The van der Waals surface area contributed by atoms with Crippen molar-refractivity contribution in [2.45, 2.75) is 81.6 Å². The molecule has 2 aliphatic carbocycles. The molecular weight excluding hydrogens is 280 g/mol. The lowest BCUT2D eigenvalue weighted by atomic mass is 9.96. The summed E-state index contributed by atoms with van der Waals surface area (Å²) < 4.78 is 2.14. The first kappa shape index (κ1) is 15.4. The number of thioether (sulfide) groups is 1. The Morgan fingerprint density at radius 3 is 2.62 bits per heavy atom. The van der Waals surface area contributed by atoms with Crippen molar-refractivity contribution in [2.24, 2.45) is 0 Å². The van der Waals surface area contributed by atoms with Gasteiger partial charge in [0, 0.05) is 23.6 Å². The summed E-state index contributed by atoms with van der Waals surface area (Å²) in [6, 6.07) is 2.69. The SMILES string of the molecule is OC(CSC1CCCC1)Cc1ccn(C2CCCCC2)n1. The Bertz CT molecular complexity index is 422. The predicted molar refractivity (Wildman–Crippen MR) is 88.8 cm³/mol. The molecule has 2 fully saturated rings. The monoisotopic (exact) mass is 308 g/mol. The fraction of sp³-hybridized carbons (Fsp3) is 0.824. The van der Waals surface area contributed by atoms with Crippen LogP contribution in [0.15, 0.2) is 12.3 Å². The number of rotatable bonds is 6. The predicted octanol–water partition coefficient (Wildman–Crippen LogP) is 3.97. The van der Waals surface area contributed by atoms with Crippen molar-refractivity contribution in [1.29, 1.82) is 0 Å². The van der Waals surface area contributed by atoms with Crippen molar-refractivity contribution in [1.82, 2.24) is 9.78 Å². The van der Waals surface area contributed by atoms with E-state index in [2.05, 4.69) is 16.9 Å². The molecular formula is C17H28N2OS. The topological polar surface area (TPSA) is 38.0 Å². The lowest BCUT2D eigenvalue weighted by Crippen LogP contribution is -2.17. The van der Waals surface area contributed by atoms with Crippen LogP contribution in [0, 0.1) is 0 Å². The van der Waals surface area contributed by atoms with Crippen molar-refractivity contribution >= 4 is 11.8 Å². The van der Waals surface area contributed by atoms with E-state index in [1.165, 1.54) is 57.8 Å². The largest absolute Gasteiger partial charge is 0.392 e. The van der Waals surface area contributed by atoms with Gasteiger partial charge in [-0.25, -0.2) is 0 Å². The molecule has 4 heteroatoms. The van der Waals surface area contributed by atoms with Gasteiger partial charge in [0.25, 0.3) is 0 Å². The lowest BCUT2D eigenvalue weighted by molar-refractivity contribution is 0.198. The van der Waals surface area contributed by atoms with Crippen LogP contribution in [0.3, 0.4) is 0 Å². The van der Waals surface area contributed by atoms with Gasteiger partial charge in [-0.3, -0.25) is 4.68 Å². The number of aliphatic hydroxyl groups excluding tert-OH is 1. The molecule has 1 heterocycles. The fourth-order valence-electron chi connectivity index (χ4n) is 3.64. The number of aliphatic hydroxyl groups is 1. The minimum absolute atomic E-state index is 0.245. The van der Waals surface area contributed by atoms with Gasteiger partial charge in [0.15, 0.2) is 0 Å². The molecule has 1 N–H and O–H groups in total. The van der Waals surface area contributed by atoms with Crippen molar-refractivity contribution in [3.8, 4) is 0 Å². The fourth-order valence-corrected chi connectivity index (χ4v) is 4.92. The highest BCUT2D eigenvalue weighted by molar-refractivity contribution is 7.99. The molecule has 1 unspecified atom stereocenters. The standard InChI is InChI=1S/C17H28N2OS/c20-16(13-21-17-8-4-5-9-17)12-14-10-11-19(18-14)15-6-2-1-3-7-15/h10-11,15-17,20H,1-9,12-13H2. The maximum atomic E-state index is 10.2. The molecule has 0 aliphatic heterocycles. The van der Waals surface area contributed by atoms with Crippen molar-refractivity contribution in [2.75, 3.05) is 5.75 Å². The molecule has 2 saturated carbocycles. The van der Waals surface area contributed by atoms with Crippen LogP contribution in [0.4, 0.5) is 0 Å². The molecule has 1 aromatic rings. The van der Waals surface area contributed by atoms with Crippen LogP contribution >= 0.6 is 11.8 Å². The average Bonchev–Trinajstić information content (AvgIpc) is 3.17. The summed E-state index contributed by atoms with van der Waals surface area (Å²) in [7, 11) is 0. The van der Waals surface area contributed by atoms with Gasteiger partial charge in [-0.1, -0.05) is 32.1 Å². The van der Waals surface area contributed by atoms with Gasteiger partial charge in [-0.15, -0.1) is 0 Å². The van der Waals surface area contributed by atoms with E-state index in [1.54, 1.807) is 0 Å². The van der Waals surface area contributed by atoms with E-state index >= 15 is 0 Å². The maximum absolute atomic E-state index is 10.2. The Morgan fingerprint density at radius 1 is 1.14 bits per heavy atom. The lowest BCUT2D eigenvalue weighted by Gasteiger charge is -2.21. The zero-order valence-electron chi connectivity index (χ0n) is 12.9. The van der Waals surface area contributed by atoms with Crippen molar-refractivity contribution in [3.05, 3.63) is 18.0 Å². The van der Waals surface area contributed by atoms with Gasteiger partial charge in [-0.05, 0) is 31.7 Å². The molecule has 1 atom stereocenters. The second-order valence-electron chi connectivity index (χ2n) is 6.68. The van der Waals surface area contributed by atoms with Gasteiger partial charge >= 0.3 is 0 Å². The molecule has 3 nitrogen and oxygen atoms in total. The van der Waals surface area contributed by atoms with Crippen molar-refractivity contribution < 1.29 is 5.11 Å². The molecule has 118 valence electrons. The van der Waals surface area contributed by atoms with Crippen LogP contribution in [0.5, 0.6) is 0 Å². The Morgan fingerprint density at radius 2 is 1.86 bits per heavy atom. The van der Waals surface area contributed by atoms with E-state index in [0.717, 1.165) is 16.7 Å². The molecule has 2 aliphatic rings. The summed E-state index contributed by atoms with van der Waals surface area (Å²) >= 11 is 1.96. The van der Waals surface area contributed by atoms with E-state index < -0.39 is 0 Å². The van der Waals surface area contributed by atoms with E-state index in [0.29, 0.717) is 12.5 Å². The summed E-state index contributed by atoms with van der Waals surface area (Å²) in [6.45, 7) is 0. The van der Waals surface area contributed by atoms with Crippen LogP contribution in [0.25, 0.3) is 0 Å². The summed E-state index contributed by atoms with van der Waals surface area (Å²) in [4.78, 5) is 0. The molecule has 0 spiro atoms. The van der Waals surface area contributed by atoms with Gasteiger partial charge in [0.2, 0.25) is 0 Å². The zero-order chi connectivity index (χ0) is 14.5. The Kier molecular flexibility index (Phi) is 5.64. The second-order valence-corrected chi connectivity index (χ2v) is 8.01. The Balaban J connectivity index is 1.44. The Hall–Kier alpha value is -0.480. The van der Waals surface area contributed by atoms with Crippen LogP contribution in [-0.4, -0.2) is 32.0 Å². The minimum Gasteiger partial charge on any atom is -0.392 e. The van der Waals surface area contributed by atoms with Crippen LogP contribution in [0.2, 0.25) is 0 Å². The average molecular weight is 308 g/mol. The van der Waals surface area contributed by atoms with Gasteiger partial charge in [0.05, 0.1) is 17.8 Å². The molecule has 0 aromatic carbocycles. The number of aromatic nitrogens is 2. The van der Waals surface area contributed by atoms with E-state index in [9.17, 15) is 5.11 Å². The first-order valence-corrected chi connectivity index (χ1v) is 9.70. The van der Waals surface area contributed by atoms with Gasteiger partial charge < -0.3 is 5.11 Å². The molecule has 0 bridgehead atoms. The highest BCUT2D eigenvalue weighted by atomic mass is 32.2. The smallest absolute Gasteiger partial charge is 0.0686 e. The van der Waals surface area contributed by atoms with Gasteiger partial charge in [0.1, 0.15) is 0 Å². The highest BCUT2D eigenvalue weighted by Gasteiger charge is 2.19. The first-order chi connectivity index (χ1) is 10.3. The second kappa shape index (κ2) is 7.68. The van der Waals surface area contributed by atoms with Gasteiger partial charge in [-0.2, -0.15) is 16.9 Å². The Labute approximate surface area is 132 Å². The molecule has 0 amide bonds. The molecule has 0 radical (unpaired) electrons. The molecule has 1 aromatic heterocycles. The number of hydrogen-bond acceptors (Lipinski definition) is 3. The normalized spacial score (nSPS) is 22.7. The van der Waals surface area contributed by atoms with Crippen molar-refractivity contribution in [3.63, 3.8) is 0 Å². The number of nitrogens with zero attached hydrogens (tertiary/aromatic N) is 2. The molecule has 0 saturated heterocycles. The molecule has 21 heavy (non-hydrogen) atoms. The quantitative estimate of drug-likeness (QED) is 0.864. The van der Waals surface area contributed by atoms with E-state index in [-0.39, 0.29) is 6.10 Å². The molecule has 3 rings (SSSR count). The summed E-state index contributed by atoms with van der Waals surface area (Å²) in [5.74, 6) is 0.862. The van der Waals surface area contributed by atoms with E-state index in [4.69, 9.17) is 5.10 Å². The third-order valence-electron chi connectivity index (χ3n) is 4.88. The highest BCUT2D eigenvalue weighted by Crippen LogP contribution is 2.30. The minimum atomic E-state index is -0.245. The van der Waals surface area contributed by atoms with Crippen LogP contribution in [-0.2, 0) is 6.42 Å². The summed E-state index contributed by atoms with van der Waals surface area (Å²) in [5.41, 5.74) is 1.06.